The number of rotatable bonds is 6. The predicted octanol–water partition coefficient (Wildman–Crippen LogP) is 4.71. The maximum Gasteiger partial charge on any atom is 0.194 e. The summed E-state index contributed by atoms with van der Waals surface area (Å²) in [4.78, 5) is 2.80. The average molecular weight is 485 g/mol. The van der Waals surface area contributed by atoms with E-state index in [0.717, 1.165) is 12.1 Å². The molecule has 2 heterocycles. The lowest BCUT2D eigenvalue weighted by Gasteiger charge is -2.41. The van der Waals surface area contributed by atoms with Crippen molar-refractivity contribution >= 4 is 8.32 Å². The Morgan fingerprint density at radius 1 is 1.30 bits per heavy atom. The highest BCUT2D eigenvalue weighted by atomic mass is 28.4. The lowest BCUT2D eigenvalue weighted by atomic mass is 9.98. The molecule has 0 amide bonds. The Bertz CT molecular complexity index is 1030. The lowest BCUT2D eigenvalue weighted by molar-refractivity contribution is -0.152. The molecule has 1 aromatic heterocycles. The van der Waals surface area contributed by atoms with Gasteiger partial charge in [0.05, 0.1) is 18.8 Å². The summed E-state index contributed by atoms with van der Waals surface area (Å²) in [6.45, 7) is 10.5. The van der Waals surface area contributed by atoms with E-state index in [1.54, 1.807) is 0 Å². The van der Waals surface area contributed by atoms with E-state index in [-0.39, 0.29) is 29.3 Å². The van der Waals surface area contributed by atoms with Gasteiger partial charge < -0.3 is 14.3 Å². The number of aliphatic hydroxyl groups excluding tert-OH is 1. The molecule has 2 aromatic rings. The number of hydrogen-bond acceptors (Lipinski definition) is 6. The van der Waals surface area contributed by atoms with Crippen molar-refractivity contribution in [1.82, 2.24) is 15.0 Å². The number of nitrogens with zero attached hydrogens (tertiary/aromatic N) is 6. The maximum absolute atomic E-state index is 13.6. The van der Waals surface area contributed by atoms with Crippen LogP contribution in [0.4, 0.5) is 13.2 Å². The summed E-state index contributed by atoms with van der Waals surface area (Å²) in [5, 5.41) is 22.4. The normalized spacial score (nSPS) is 23.9. The molecule has 1 saturated heterocycles. The van der Waals surface area contributed by atoms with Gasteiger partial charge in [-0.25, -0.2) is 17.9 Å². The van der Waals surface area contributed by atoms with Crippen molar-refractivity contribution in [1.29, 1.82) is 0 Å². The Labute approximate surface area is 190 Å². The fourth-order valence-electron chi connectivity index (χ4n) is 3.25. The van der Waals surface area contributed by atoms with Crippen LogP contribution in [0.3, 0.4) is 0 Å². The van der Waals surface area contributed by atoms with Gasteiger partial charge in [-0.2, -0.15) is 0 Å². The molecule has 0 spiro atoms. The van der Waals surface area contributed by atoms with Crippen molar-refractivity contribution in [2.75, 3.05) is 6.61 Å². The molecule has 1 aromatic carbocycles. The Hall–Kier alpha value is -2.44. The van der Waals surface area contributed by atoms with Crippen LogP contribution in [0.1, 0.15) is 33.2 Å². The summed E-state index contributed by atoms with van der Waals surface area (Å²) < 4.78 is 53.8. The average Bonchev–Trinajstić information content (AvgIpc) is 3.21. The van der Waals surface area contributed by atoms with Crippen LogP contribution in [0.5, 0.6) is 0 Å². The highest BCUT2D eigenvalue weighted by Gasteiger charge is 2.42. The fraction of sp³-hybridized carbons (Fsp3) is 0.600. The molecule has 1 aliphatic rings. The Kier molecular flexibility index (Phi) is 7.20. The first-order valence-corrected chi connectivity index (χ1v) is 13.3. The second-order valence-electron chi connectivity index (χ2n) is 9.54. The molecule has 0 saturated carbocycles. The summed E-state index contributed by atoms with van der Waals surface area (Å²) in [6, 6.07) is 0.913. The highest BCUT2D eigenvalue weighted by Crippen LogP contribution is 2.38. The quantitative estimate of drug-likeness (QED) is 0.209. The van der Waals surface area contributed by atoms with Crippen LogP contribution in [-0.2, 0) is 9.16 Å². The summed E-state index contributed by atoms with van der Waals surface area (Å²) in [6.07, 6.45) is -1.30. The molecule has 1 unspecified atom stereocenters. The van der Waals surface area contributed by atoms with Crippen molar-refractivity contribution in [2.45, 2.75) is 69.8 Å². The van der Waals surface area contributed by atoms with Crippen molar-refractivity contribution in [3.63, 3.8) is 0 Å². The van der Waals surface area contributed by atoms with Gasteiger partial charge in [-0.05, 0) is 35.8 Å². The standard InChI is InChI=1S/C20H27F3N6O3Si/c1-20(2,3)33(4,5)31-10-16-19(30)15(8-17(32-16)26-27-24)29-9-14(25-28-29)11-6-12(21)18(23)13(22)7-11/h6-7,9,15-17,19,30H,8,10H2,1-5H3/t15-,16-,17?,19+/m1/s1. The maximum atomic E-state index is 13.6. The summed E-state index contributed by atoms with van der Waals surface area (Å²) in [5.74, 6) is -4.28. The van der Waals surface area contributed by atoms with Crippen molar-refractivity contribution in [3.05, 3.63) is 46.2 Å². The molecule has 0 aliphatic carbocycles. The predicted molar refractivity (Wildman–Crippen MR) is 116 cm³/mol. The number of hydrogen-bond donors (Lipinski definition) is 1. The van der Waals surface area contributed by atoms with E-state index in [1.165, 1.54) is 10.9 Å². The van der Waals surface area contributed by atoms with Gasteiger partial charge in [0.25, 0.3) is 0 Å². The van der Waals surface area contributed by atoms with Crippen LogP contribution < -0.4 is 0 Å². The Balaban J connectivity index is 1.85. The summed E-state index contributed by atoms with van der Waals surface area (Å²) in [5.41, 5.74) is 8.95. The van der Waals surface area contributed by atoms with Gasteiger partial charge in [0.15, 0.2) is 25.8 Å². The van der Waals surface area contributed by atoms with Gasteiger partial charge in [0.2, 0.25) is 0 Å². The van der Waals surface area contributed by atoms with Crippen LogP contribution in [0, 0.1) is 17.5 Å². The first kappa shape index (κ1) is 25.2. The SMILES string of the molecule is CC(C)(C)[Si](C)(C)OC[C@H]1OC(N=[N+]=[N-])C[C@@H](n2cc(-c3cc(F)c(F)c(F)c3)nn2)[C@@H]1O. The van der Waals surface area contributed by atoms with Gasteiger partial charge in [-0.1, -0.05) is 31.1 Å². The summed E-state index contributed by atoms with van der Waals surface area (Å²) in [7, 11) is -2.15. The number of aliphatic hydroxyl groups is 1. The zero-order valence-electron chi connectivity index (χ0n) is 19.0. The largest absolute Gasteiger partial charge is 0.414 e. The molecule has 180 valence electrons. The first-order chi connectivity index (χ1) is 15.3. The monoisotopic (exact) mass is 484 g/mol. The van der Waals surface area contributed by atoms with Gasteiger partial charge in [-0.15, -0.1) is 5.10 Å². The molecule has 4 atom stereocenters. The van der Waals surface area contributed by atoms with Gasteiger partial charge in [0.1, 0.15) is 24.1 Å². The topological polar surface area (TPSA) is 118 Å². The number of benzene rings is 1. The van der Waals surface area contributed by atoms with E-state index in [0.29, 0.717) is 0 Å². The minimum Gasteiger partial charge on any atom is -0.414 e. The second-order valence-corrected chi connectivity index (χ2v) is 14.3. The zero-order chi connectivity index (χ0) is 24.6. The highest BCUT2D eigenvalue weighted by molar-refractivity contribution is 6.74. The van der Waals surface area contributed by atoms with Crippen molar-refractivity contribution in [3.8, 4) is 11.3 Å². The molecule has 13 heteroatoms. The van der Waals surface area contributed by atoms with Crippen LogP contribution in [0.25, 0.3) is 21.7 Å². The van der Waals surface area contributed by atoms with Crippen LogP contribution >= 0.6 is 0 Å². The summed E-state index contributed by atoms with van der Waals surface area (Å²) >= 11 is 0. The first-order valence-electron chi connectivity index (χ1n) is 10.4. The van der Waals surface area contributed by atoms with Gasteiger partial charge in [0, 0.05) is 16.9 Å². The van der Waals surface area contributed by atoms with E-state index in [1.807, 2.05) is 0 Å². The third-order valence-corrected chi connectivity index (χ3v) is 10.8. The van der Waals surface area contributed by atoms with Crippen molar-refractivity contribution < 1.29 is 27.4 Å². The zero-order valence-corrected chi connectivity index (χ0v) is 20.0. The molecule has 3 rings (SSSR count). The number of halogens is 3. The minimum atomic E-state index is -2.15. The lowest BCUT2D eigenvalue weighted by Crippen LogP contribution is -2.50. The Morgan fingerprint density at radius 2 is 1.94 bits per heavy atom. The Morgan fingerprint density at radius 3 is 2.52 bits per heavy atom. The van der Waals surface area contributed by atoms with Gasteiger partial charge >= 0.3 is 0 Å². The van der Waals surface area contributed by atoms with E-state index in [4.69, 9.17) is 14.7 Å². The number of aromatic nitrogens is 3. The molecule has 0 radical (unpaired) electrons. The van der Waals surface area contributed by atoms with E-state index < -0.39 is 50.2 Å². The van der Waals surface area contributed by atoms with Crippen LogP contribution in [-0.4, -0.2) is 53.5 Å². The molecule has 0 bridgehead atoms. The molecular formula is C20H27F3N6O3Si. The minimum absolute atomic E-state index is 0.0106. The third kappa shape index (κ3) is 5.39. The molecule has 9 nitrogen and oxygen atoms in total. The molecule has 1 fully saturated rings. The molecule has 1 N–H and O–H groups in total. The van der Waals surface area contributed by atoms with E-state index >= 15 is 0 Å². The smallest absolute Gasteiger partial charge is 0.194 e. The number of azide groups is 1. The van der Waals surface area contributed by atoms with Gasteiger partial charge in [-0.3, -0.25) is 0 Å². The van der Waals surface area contributed by atoms with E-state index in [2.05, 4.69) is 54.2 Å². The molecule has 33 heavy (non-hydrogen) atoms. The molecule has 1 aliphatic heterocycles. The van der Waals surface area contributed by atoms with E-state index in [9.17, 15) is 18.3 Å². The fourth-order valence-corrected chi connectivity index (χ4v) is 4.26. The van der Waals surface area contributed by atoms with Crippen LogP contribution in [0.15, 0.2) is 23.4 Å². The second kappa shape index (κ2) is 9.43. The van der Waals surface area contributed by atoms with Crippen molar-refractivity contribution in [2.24, 2.45) is 5.11 Å². The van der Waals surface area contributed by atoms with Crippen LogP contribution in [0.2, 0.25) is 18.1 Å². The molecular weight excluding hydrogens is 457 g/mol. The number of ether oxygens (including phenoxy) is 1. The third-order valence-electron chi connectivity index (χ3n) is 6.27.